The number of hydrogen-bond acceptors (Lipinski definition) is 4. The molecule has 1 aromatic carbocycles. The van der Waals surface area contributed by atoms with Crippen LogP contribution in [-0.4, -0.2) is 12.5 Å². The maximum atomic E-state index is 12.0. The number of carbonyl (C=O) groups excluding carboxylic acids is 1. The second-order valence-corrected chi connectivity index (χ2v) is 6.74. The Labute approximate surface area is 134 Å². The Morgan fingerprint density at radius 2 is 2.00 bits per heavy atom. The fourth-order valence-corrected chi connectivity index (χ4v) is 3.09. The van der Waals surface area contributed by atoms with Gasteiger partial charge in [0.1, 0.15) is 16.8 Å². The minimum atomic E-state index is -0.275. The van der Waals surface area contributed by atoms with E-state index in [0.717, 1.165) is 5.56 Å². The standard InChI is InChI=1S/C17H18N2O2S/c1-17(2,3)14-11-22-16(13(14)9-18)19-15(20)10-21-12-7-5-4-6-8-12/h4-8,11H,10H2,1-3H3,(H,19,20). The molecule has 2 rings (SSSR count). The molecule has 0 aliphatic heterocycles. The zero-order chi connectivity index (χ0) is 16.2. The van der Waals surface area contributed by atoms with Gasteiger partial charge in [-0.05, 0) is 28.5 Å². The second-order valence-electron chi connectivity index (χ2n) is 5.87. The van der Waals surface area contributed by atoms with E-state index in [4.69, 9.17) is 4.74 Å². The first kappa shape index (κ1) is 16.1. The van der Waals surface area contributed by atoms with Crippen LogP contribution in [0.3, 0.4) is 0 Å². The Hall–Kier alpha value is -2.32. The number of thiophene rings is 1. The molecule has 0 bridgehead atoms. The number of nitrogens with one attached hydrogen (secondary N) is 1. The molecule has 114 valence electrons. The first-order valence-corrected chi connectivity index (χ1v) is 7.79. The third-order valence-corrected chi connectivity index (χ3v) is 3.97. The molecule has 1 amide bonds. The molecule has 1 aromatic heterocycles. The predicted octanol–water partition coefficient (Wildman–Crippen LogP) is 3.93. The zero-order valence-corrected chi connectivity index (χ0v) is 13.7. The van der Waals surface area contributed by atoms with E-state index < -0.39 is 0 Å². The number of para-hydroxylation sites is 1. The molecule has 0 saturated carbocycles. The third-order valence-electron chi connectivity index (χ3n) is 3.08. The van der Waals surface area contributed by atoms with Crippen LogP contribution in [0.5, 0.6) is 5.75 Å². The van der Waals surface area contributed by atoms with Gasteiger partial charge in [-0.2, -0.15) is 5.26 Å². The van der Waals surface area contributed by atoms with Crippen LogP contribution >= 0.6 is 11.3 Å². The number of nitrogens with zero attached hydrogens (tertiary/aromatic N) is 1. The molecule has 5 heteroatoms. The van der Waals surface area contributed by atoms with Crippen molar-refractivity contribution in [1.82, 2.24) is 0 Å². The van der Waals surface area contributed by atoms with Gasteiger partial charge in [0.2, 0.25) is 0 Å². The molecule has 1 N–H and O–H groups in total. The summed E-state index contributed by atoms with van der Waals surface area (Å²) in [5, 5.41) is 14.6. The van der Waals surface area contributed by atoms with E-state index in [1.807, 2.05) is 44.4 Å². The summed E-state index contributed by atoms with van der Waals surface area (Å²) in [4.78, 5) is 12.0. The highest BCUT2D eigenvalue weighted by Gasteiger charge is 2.23. The molecule has 0 radical (unpaired) electrons. The monoisotopic (exact) mass is 314 g/mol. The minimum Gasteiger partial charge on any atom is -0.484 e. The molecule has 0 atom stereocenters. The number of amides is 1. The number of ether oxygens (including phenoxy) is 1. The van der Waals surface area contributed by atoms with Gasteiger partial charge < -0.3 is 10.1 Å². The van der Waals surface area contributed by atoms with Gasteiger partial charge in [-0.3, -0.25) is 4.79 Å². The topological polar surface area (TPSA) is 62.1 Å². The highest BCUT2D eigenvalue weighted by Crippen LogP contribution is 2.35. The number of rotatable bonds is 4. The summed E-state index contributed by atoms with van der Waals surface area (Å²) >= 11 is 1.37. The predicted molar refractivity (Wildman–Crippen MR) is 88.3 cm³/mol. The SMILES string of the molecule is CC(C)(C)c1csc(NC(=O)COc2ccccc2)c1C#N. The Bertz CT molecular complexity index is 694. The molecule has 0 saturated heterocycles. The summed E-state index contributed by atoms with van der Waals surface area (Å²) in [5.74, 6) is 0.363. The Morgan fingerprint density at radius 3 is 2.59 bits per heavy atom. The first-order valence-electron chi connectivity index (χ1n) is 6.91. The molecule has 0 aliphatic rings. The number of benzene rings is 1. The van der Waals surface area contributed by atoms with Crippen LogP contribution in [0.25, 0.3) is 0 Å². The number of anilines is 1. The number of hydrogen-bond donors (Lipinski definition) is 1. The fourth-order valence-electron chi connectivity index (χ4n) is 1.94. The lowest BCUT2D eigenvalue weighted by atomic mass is 9.86. The van der Waals surface area contributed by atoms with Crippen molar-refractivity contribution in [2.24, 2.45) is 0 Å². The van der Waals surface area contributed by atoms with Crippen LogP contribution in [-0.2, 0) is 10.2 Å². The van der Waals surface area contributed by atoms with Gasteiger partial charge in [-0.25, -0.2) is 0 Å². The van der Waals surface area contributed by atoms with E-state index in [1.165, 1.54) is 11.3 Å². The molecule has 0 aliphatic carbocycles. The largest absolute Gasteiger partial charge is 0.484 e. The van der Waals surface area contributed by atoms with Crippen LogP contribution in [0.15, 0.2) is 35.7 Å². The molecule has 1 heterocycles. The summed E-state index contributed by atoms with van der Waals surface area (Å²) in [5.41, 5.74) is 1.34. The zero-order valence-electron chi connectivity index (χ0n) is 12.8. The average Bonchev–Trinajstić information content (AvgIpc) is 2.89. The summed E-state index contributed by atoms with van der Waals surface area (Å²) < 4.78 is 5.40. The Kier molecular flexibility index (Phi) is 4.84. The van der Waals surface area contributed by atoms with E-state index in [0.29, 0.717) is 16.3 Å². The number of carbonyl (C=O) groups is 1. The molecule has 2 aromatic rings. The van der Waals surface area contributed by atoms with Gasteiger partial charge in [0.25, 0.3) is 5.91 Å². The van der Waals surface area contributed by atoms with Gasteiger partial charge in [-0.1, -0.05) is 39.0 Å². The number of nitriles is 1. The van der Waals surface area contributed by atoms with Crippen LogP contribution in [0.1, 0.15) is 31.9 Å². The summed E-state index contributed by atoms with van der Waals surface area (Å²) in [6.07, 6.45) is 0. The molecular weight excluding hydrogens is 296 g/mol. The van der Waals surface area contributed by atoms with Crippen molar-refractivity contribution in [3.8, 4) is 11.8 Å². The maximum absolute atomic E-state index is 12.0. The van der Waals surface area contributed by atoms with Crippen molar-refractivity contribution in [3.05, 3.63) is 46.8 Å². The second kappa shape index (κ2) is 6.63. The van der Waals surface area contributed by atoms with Crippen LogP contribution in [0.4, 0.5) is 5.00 Å². The van der Waals surface area contributed by atoms with E-state index in [9.17, 15) is 10.1 Å². The van der Waals surface area contributed by atoms with E-state index in [-0.39, 0.29) is 17.9 Å². The van der Waals surface area contributed by atoms with Gasteiger partial charge in [-0.15, -0.1) is 11.3 Å². The van der Waals surface area contributed by atoms with Crippen molar-refractivity contribution in [3.63, 3.8) is 0 Å². The molecule has 0 spiro atoms. The fraction of sp³-hybridized carbons (Fsp3) is 0.294. The molecule has 0 fully saturated rings. The van der Waals surface area contributed by atoms with Crippen molar-refractivity contribution in [1.29, 1.82) is 5.26 Å². The summed E-state index contributed by atoms with van der Waals surface area (Å²) in [6, 6.07) is 11.3. The Morgan fingerprint density at radius 1 is 1.32 bits per heavy atom. The lowest BCUT2D eigenvalue weighted by molar-refractivity contribution is -0.118. The molecular formula is C17H18N2O2S. The maximum Gasteiger partial charge on any atom is 0.262 e. The van der Waals surface area contributed by atoms with Gasteiger partial charge in [0.15, 0.2) is 6.61 Å². The molecule has 0 unspecified atom stereocenters. The van der Waals surface area contributed by atoms with Crippen LogP contribution in [0, 0.1) is 11.3 Å². The van der Waals surface area contributed by atoms with Crippen molar-refractivity contribution < 1.29 is 9.53 Å². The summed E-state index contributed by atoms with van der Waals surface area (Å²) in [7, 11) is 0. The van der Waals surface area contributed by atoms with E-state index >= 15 is 0 Å². The van der Waals surface area contributed by atoms with Crippen molar-refractivity contribution >= 4 is 22.2 Å². The lowest BCUT2D eigenvalue weighted by Crippen LogP contribution is -2.20. The van der Waals surface area contributed by atoms with Crippen LogP contribution in [0.2, 0.25) is 0 Å². The van der Waals surface area contributed by atoms with Crippen molar-refractivity contribution in [2.45, 2.75) is 26.2 Å². The minimum absolute atomic E-state index is 0.0857. The van der Waals surface area contributed by atoms with Gasteiger partial charge in [0, 0.05) is 0 Å². The molecule has 4 nitrogen and oxygen atoms in total. The van der Waals surface area contributed by atoms with Crippen LogP contribution < -0.4 is 10.1 Å². The third kappa shape index (κ3) is 3.86. The normalized spacial score (nSPS) is 10.8. The quantitative estimate of drug-likeness (QED) is 0.930. The van der Waals surface area contributed by atoms with Gasteiger partial charge >= 0.3 is 0 Å². The van der Waals surface area contributed by atoms with E-state index in [1.54, 1.807) is 12.1 Å². The smallest absolute Gasteiger partial charge is 0.262 e. The molecule has 22 heavy (non-hydrogen) atoms. The first-order chi connectivity index (χ1) is 10.4. The lowest BCUT2D eigenvalue weighted by Gasteiger charge is -2.17. The average molecular weight is 314 g/mol. The van der Waals surface area contributed by atoms with Crippen molar-refractivity contribution in [2.75, 3.05) is 11.9 Å². The van der Waals surface area contributed by atoms with Gasteiger partial charge in [0.05, 0.1) is 5.56 Å². The highest BCUT2D eigenvalue weighted by atomic mass is 32.1. The van der Waals surface area contributed by atoms with E-state index in [2.05, 4.69) is 11.4 Å². The highest BCUT2D eigenvalue weighted by molar-refractivity contribution is 7.14. The summed E-state index contributed by atoms with van der Waals surface area (Å²) in [6.45, 7) is 6.04. The Balaban J connectivity index is 2.03.